The van der Waals surface area contributed by atoms with E-state index in [-0.39, 0.29) is 18.1 Å². The Bertz CT molecular complexity index is 825. The summed E-state index contributed by atoms with van der Waals surface area (Å²) in [5.41, 5.74) is 3.38. The fourth-order valence-corrected chi connectivity index (χ4v) is 3.90. The van der Waals surface area contributed by atoms with Crippen molar-refractivity contribution in [3.8, 4) is 0 Å². The largest absolute Gasteiger partial charge is 0.361 e. The van der Waals surface area contributed by atoms with Crippen molar-refractivity contribution < 1.29 is 4.79 Å². The molecule has 1 fully saturated rings. The summed E-state index contributed by atoms with van der Waals surface area (Å²) in [7, 11) is 0. The van der Waals surface area contributed by atoms with Gasteiger partial charge in [-0.15, -0.1) is 0 Å². The molecule has 25 heavy (non-hydrogen) atoms. The zero-order valence-corrected chi connectivity index (χ0v) is 15.5. The maximum atomic E-state index is 13.1. The first kappa shape index (κ1) is 16.5. The number of hydrogen-bond acceptors (Lipinski definition) is 3. The van der Waals surface area contributed by atoms with Crippen LogP contribution in [0, 0.1) is 12.8 Å². The van der Waals surface area contributed by atoms with Gasteiger partial charge in [0.2, 0.25) is 0 Å². The molecule has 1 N–H and O–H groups in total. The Morgan fingerprint density at radius 1 is 1.32 bits per heavy atom. The minimum atomic E-state index is -0.261. The molecule has 2 heterocycles. The van der Waals surface area contributed by atoms with Crippen molar-refractivity contribution in [2.24, 2.45) is 5.92 Å². The van der Waals surface area contributed by atoms with Gasteiger partial charge in [-0.3, -0.25) is 9.48 Å². The van der Waals surface area contributed by atoms with Gasteiger partial charge in [-0.25, -0.2) is 0 Å². The summed E-state index contributed by atoms with van der Waals surface area (Å²) in [5, 5.41) is 8.78. The number of anilines is 1. The quantitative estimate of drug-likeness (QED) is 0.889. The van der Waals surface area contributed by atoms with Gasteiger partial charge in [0.05, 0.1) is 16.8 Å². The number of nitrogens with zero attached hydrogens (tertiary/aromatic N) is 3. The Morgan fingerprint density at radius 2 is 2.04 bits per heavy atom. The highest BCUT2D eigenvalue weighted by Gasteiger charge is 2.43. The number of halogens is 1. The first-order chi connectivity index (χ1) is 12.0. The molecule has 0 saturated heterocycles. The van der Waals surface area contributed by atoms with Crippen LogP contribution in [0.2, 0.25) is 5.15 Å². The Morgan fingerprint density at radius 3 is 2.72 bits per heavy atom. The summed E-state index contributed by atoms with van der Waals surface area (Å²) >= 11 is 6.69. The second-order valence-corrected chi connectivity index (χ2v) is 7.76. The van der Waals surface area contributed by atoms with Crippen molar-refractivity contribution in [1.82, 2.24) is 14.7 Å². The predicted molar refractivity (Wildman–Crippen MR) is 98.8 cm³/mol. The summed E-state index contributed by atoms with van der Waals surface area (Å²) in [6, 6.07) is 7.96. The van der Waals surface area contributed by atoms with Gasteiger partial charge in [-0.05, 0) is 37.8 Å². The molecular formula is C19H23ClN4O. The van der Waals surface area contributed by atoms with E-state index in [1.54, 1.807) is 0 Å². The zero-order valence-electron chi connectivity index (χ0n) is 14.8. The third-order valence-electron chi connectivity index (χ3n) is 4.82. The van der Waals surface area contributed by atoms with Crippen molar-refractivity contribution in [1.29, 1.82) is 0 Å². The Labute approximate surface area is 153 Å². The van der Waals surface area contributed by atoms with Crippen molar-refractivity contribution in [3.63, 3.8) is 0 Å². The third kappa shape index (κ3) is 2.80. The molecule has 2 aliphatic rings. The van der Waals surface area contributed by atoms with E-state index in [2.05, 4.69) is 24.3 Å². The number of carbonyl (C=O) groups is 1. The van der Waals surface area contributed by atoms with Crippen LogP contribution < -0.4 is 5.32 Å². The van der Waals surface area contributed by atoms with Crippen LogP contribution in [0.5, 0.6) is 0 Å². The van der Waals surface area contributed by atoms with E-state index in [1.807, 2.05) is 40.8 Å². The average molecular weight is 359 g/mol. The lowest BCUT2D eigenvalue weighted by Crippen LogP contribution is -2.44. The smallest absolute Gasteiger partial charge is 0.258 e. The normalized spacial score (nSPS) is 20.0. The van der Waals surface area contributed by atoms with E-state index in [0.717, 1.165) is 41.9 Å². The number of nitrogens with one attached hydrogen (secondary N) is 1. The minimum Gasteiger partial charge on any atom is -0.361 e. The summed E-state index contributed by atoms with van der Waals surface area (Å²) < 4.78 is 1.86. The fraction of sp³-hybridized carbons (Fsp3) is 0.474. The Hall–Kier alpha value is -2.01. The molecule has 0 bridgehead atoms. The second-order valence-electron chi connectivity index (χ2n) is 7.40. The lowest BCUT2D eigenvalue weighted by molar-refractivity contribution is 0.0666. The van der Waals surface area contributed by atoms with Crippen LogP contribution >= 0.6 is 11.6 Å². The molecule has 0 radical (unpaired) electrons. The van der Waals surface area contributed by atoms with Gasteiger partial charge in [-0.2, -0.15) is 5.10 Å². The van der Waals surface area contributed by atoms with Crippen LogP contribution in [0.4, 0.5) is 5.69 Å². The number of aromatic nitrogens is 2. The SMILES string of the molecule is Cc1nn(CC(C)C)c(Cl)c1[C@@H]1Nc2ccccc2C(=O)N1C1CC1. The van der Waals surface area contributed by atoms with Crippen molar-refractivity contribution in [2.45, 2.75) is 52.4 Å². The molecule has 4 rings (SSSR count). The molecule has 1 amide bonds. The topological polar surface area (TPSA) is 50.2 Å². The Kier molecular flexibility index (Phi) is 3.99. The van der Waals surface area contributed by atoms with Crippen LogP contribution in [0.3, 0.4) is 0 Å². The average Bonchev–Trinajstić information content (AvgIpc) is 3.35. The Balaban J connectivity index is 1.79. The van der Waals surface area contributed by atoms with Gasteiger partial charge in [0, 0.05) is 18.3 Å². The number of fused-ring (bicyclic) bond motifs is 1. The van der Waals surface area contributed by atoms with E-state index >= 15 is 0 Å². The molecule has 6 heteroatoms. The monoisotopic (exact) mass is 358 g/mol. The van der Waals surface area contributed by atoms with Crippen LogP contribution in [-0.4, -0.2) is 26.6 Å². The standard InChI is InChI=1S/C19H23ClN4O/c1-11(2)10-23-17(20)16(12(3)22-23)18-21-15-7-5-4-6-14(15)19(25)24(18)13-8-9-13/h4-7,11,13,18,21H,8-10H2,1-3H3/t18-/m1/s1. The maximum Gasteiger partial charge on any atom is 0.258 e. The fourth-order valence-electron chi connectivity index (χ4n) is 3.55. The molecule has 1 saturated carbocycles. The number of carbonyl (C=O) groups excluding carboxylic acids is 1. The lowest BCUT2D eigenvalue weighted by atomic mass is 10.0. The molecule has 1 aromatic heterocycles. The second kappa shape index (κ2) is 6.06. The van der Waals surface area contributed by atoms with Gasteiger partial charge >= 0.3 is 0 Å². The predicted octanol–water partition coefficient (Wildman–Crippen LogP) is 4.23. The third-order valence-corrected chi connectivity index (χ3v) is 5.22. The number of para-hydroxylation sites is 1. The van der Waals surface area contributed by atoms with E-state index in [4.69, 9.17) is 11.6 Å². The van der Waals surface area contributed by atoms with Crippen molar-refractivity contribution in [2.75, 3.05) is 5.32 Å². The first-order valence-corrected chi connectivity index (χ1v) is 9.26. The minimum absolute atomic E-state index is 0.0777. The highest BCUT2D eigenvalue weighted by atomic mass is 35.5. The van der Waals surface area contributed by atoms with E-state index in [0.29, 0.717) is 11.1 Å². The van der Waals surface area contributed by atoms with Gasteiger partial charge in [0.15, 0.2) is 0 Å². The lowest BCUT2D eigenvalue weighted by Gasteiger charge is -2.38. The highest BCUT2D eigenvalue weighted by molar-refractivity contribution is 6.30. The van der Waals surface area contributed by atoms with Crippen molar-refractivity contribution in [3.05, 3.63) is 46.2 Å². The molecule has 1 aliphatic carbocycles. The van der Waals surface area contributed by atoms with Gasteiger partial charge < -0.3 is 10.2 Å². The van der Waals surface area contributed by atoms with Gasteiger partial charge in [0.1, 0.15) is 11.3 Å². The molecular weight excluding hydrogens is 336 g/mol. The van der Waals surface area contributed by atoms with E-state index in [1.165, 1.54) is 0 Å². The van der Waals surface area contributed by atoms with Crippen LogP contribution in [0.15, 0.2) is 24.3 Å². The molecule has 132 valence electrons. The number of benzene rings is 1. The van der Waals surface area contributed by atoms with Crippen molar-refractivity contribution >= 4 is 23.2 Å². The summed E-state index contributed by atoms with van der Waals surface area (Å²) in [5.74, 6) is 0.528. The van der Waals surface area contributed by atoms with Crippen LogP contribution in [0.25, 0.3) is 0 Å². The molecule has 1 atom stereocenters. The maximum absolute atomic E-state index is 13.1. The van der Waals surface area contributed by atoms with Gasteiger partial charge in [0.25, 0.3) is 5.91 Å². The van der Waals surface area contributed by atoms with Gasteiger partial charge in [-0.1, -0.05) is 37.6 Å². The van der Waals surface area contributed by atoms with E-state index in [9.17, 15) is 4.79 Å². The summed E-state index contributed by atoms with van der Waals surface area (Å²) in [4.78, 5) is 15.1. The first-order valence-electron chi connectivity index (χ1n) is 8.88. The number of rotatable bonds is 4. The molecule has 2 aromatic rings. The number of hydrogen-bond donors (Lipinski definition) is 1. The highest BCUT2D eigenvalue weighted by Crippen LogP contribution is 2.43. The molecule has 0 unspecified atom stereocenters. The molecule has 1 aromatic carbocycles. The summed E-state index contributed by atoms with van der Waals surface area (Å²) in [6.45, 7) is 7.01. The molecule has 5 nitrogen and oxygen atoms in total. The van der Waals surface area contributed by atoms with Crippen LogP contribution in [0.1, 0.15) is 54.5 Å². The van der Waals surface area contributed by atoms with Crippen LogP contribution in [-0.2, 0) is 6.54 Å². The molecule has 0 spiro atoms. The number of amides is 1. The summed E-state index contributed by atoms with van der Waals surface area (Å²) in [6.07, 6.45) is 1.83. The number of aryl methyl sites for hydroxylation is 1. The molecule has 1 aliphatic heterocycles. The zero-order chi connectivity index (χ0) is 17.7. The van der Waals surface area contributed by atoms with E-state index < -0.39 is 0 Å².